The number of hydrogen-bond acceptors (Lipinski definition) is 10. The molecule has 2 heterocycles. The van der Waals surface area contributed by atoms with E-state index in [1.54, 1.807) is 29.2 Å². The molecule has 0 bridgehead atoms. The van der Waals surface area contributed by atoms with Gasteiger partial charge in [-0.25, -0.2) is 17.1 Å². The molecule has 0 radical (unpaired) electrons. The summed E-state index contributed by atoms with van der Waals surface area (Å²) in [5.41, 5.74) is 3.64. The highest BCUT2D eigenvalue weighted by Gasteiger charge is 2.48. The van der Waals surface area contributed by atoms with E-state index in [1.165, 1.54) is 36.7 Å². The maximum Gasteiger partial charge on any atom is 0.303 e. The number of aryl methyl sites for hydroxylation is 1. The number of hydrogen-bond donors (Lipinski definition) is 4. The smallest absolute Gasteiger partial charge is 0.303 e. The molecule has 8 atom stereocenters. The van der Waals surface area contributed by atoms with Crippen LogP contribution in [0, 0.1) is 23.6 Å². The molecule has 0 aromatic heterocycles. The summed E-state index contributed by atoms with van der Waals surface area (Å²) in [5.74, 6) is 4.15. The zero-order valence-electron chi connectivity index (χ0n) is 29.7. The Morgan fingerprint density at radius 2 is 1.66 bits per heavy atom. The van der Waals surface area contributed by atoms with E-state index in [9.17, 15) is 42.8 Å². The Bertz CT molecular complexity index is 1900. The van der Waals surface area contributed by atoms with Gasteiger partial charge in [0.2, 0.25) is 15.9 Å². The predicted octanol–water partition coefficient (Wildman–Crippen LogP) is 2.63. The molecule has 1 amide bonds. The maximum atomic E-state index is 13.9. The maximum absolute atomic E-state index is 13.9. The van der Waals surface area contributed by atoms with Crippen LogP contribution in [0.3, 0.4) is 0 Å². The van der Waals surface area contributed by atoms with Crippen molar-refractivity contribution < 1.29 is 52.3 Å². The molecule has 2 aliphatic heterocycles. The Morgan fingerprint density at radius 1 is 1.00 bits per heavy atom. The lowest BCUT2D eigenvalue weighted by Crippen LogP contribution is -2.58. The van der Waals surface area contributed by atoms with Gasteiger partial charge in [-0.3, -0.25) is 9.59 Å². The fourth-order valence-electron chi connectivity index (χ4n) is 6.64. The minimum atomic E-state index is -3.27. The van der Waals surface area contributed by atoms with E-state index in [2.05, 4.69) is 11.8 Å². The molecule has 0 saturated carbocycles. The number of rotatable bonds is 13. The summed E-state index contributed by atoms with van der Waals surface area (Å²) in [6.45, 7) is 1.11. The fourth-order valence-corrected chi connectivity index (χ4v) is 7.10. The van der Waals surface area contributed by atoms with Crippen LogP contribution >= 0.6 is 0 Å². The number of amides is 1. The molecular weight excluding hydrogens is 707 g/mol. The number of anilines is 1. The third-order valence-corrected chi connectivity index (χ3v) is 11.0. The van der Waals surface area contributed by atoms with E-state index in [0.29, 0.717) is 49.0 Å². The number of β-lactam (4-membered cyclic amide) rings is 1. The molecular formula is C39H45FN2O10S. The van der Waals surface area contributed by atoms with Crippen LogP contribution in [0.25, 0.3) is 0 Å². The van der Waals surface area contributed by atoms with Crippen molar-refractivity contribution in [2.75, 3.05) is 31.4 Å². The molecule has 2 saturated heterocycles. The molecule has 4 N–H and O–H groups in total. The summed E-state index contributed by atoms with van der Waals surface area (Å²) < 4.78 is 49.5. The van der Waals surface area contributed by atoms with Crippen molar-refractivity contribution >= 4 is 27.6 Å². The van der Waals surface area contributed by atoms with Crippen LogP contribution in [0.4, 0.5) is 10.1 Å². The van der Waals surface area contributed by atoms with Gasteiger partial charge in [-0.1, -0.05) is 48.2 Å². The average Bonchev–Trinajstić information content (AvgIpc) is 3.12. The van der Waals surface area contributed by atoms with E-state index in [1.807, 2.05) is 36.4 Å². The van der Waals surface area contributed by atoms with Gasteiger partial charge >= 0.3 is 5.97 Å². The first kappa shape index (κ1) is 40.0. The summed E-state index contributed by atoms with van der Waals surface area (Å²) in [4.78, 5) is 27.5. The second-order valence-corrected chi connectivity index (χ2v) is 15.6. The second-order valence-electron chi connectivity index (χ2n) is 13.5. The number of ether oxygens (including phenoxy) is 2. The van der Waals surface area contributed by atoms with Crippen molar-refractivity contribution in [3.8, 4) is 11.8 Å². The third kappa shape index (κ3) is 9.68. The third-order valence-electron chi connectivity index (χ3n) is 9.73. The molecule has 53 heavy (non-hydrogen) atoms. The first-order chi connectivity index (χ1) is 25.2. The quantitative estimate of drug-likeness (QED) is 0.116. The zero-order chi connectivity index (χ0) is 38.4. The molecule has 284 valence electrons. The summed E-state index contributed by atoms with van der Waals surface area (Å²) >= 11 is 0. The fraction of sp³-hybridized carbons (Fsp3) is 0.436. The zero-order valence-corrected chi connectivity index (χ0v) is 30.5. The predicted molar refractivity (Wildman–Crippen MR) is 193 cm³/mol. The summed E-state index contributed by atoms with van der Waals surface area (Å²) in [6, 6.07) is 20.0. The number of nitrogens with zero attached hydrogens (tertiary/aromatic N) is 2. The Morgan fingerprint density at radius 3 is 2.26 bits per heavy atom. The van der Waals surface area contributed by atoms with Gasteiger partial charge in [0, 0.05) is 31.8 Å². The first-order valence-corrected chi connectivity index (χ1v) is 19.2. The van der Waals surface area contributed by atoms with Crippen molar-refractivity contribution in [1.82, 2.24) is 4.31 Å². The van der Waals surface area contributed by atoms with E-state index < -0.39 is 77.0 Å². The van der Waals surface area contributed by atoms with Gasteiger partial charge in [0.05, 0.1) is 24.8 Å². The average molecular weight is 753 g/mol. The molecule has 14 heteroatoms. The van der Waals surface area contributed by atoms with Crippen LogP contribution in [-0.4, -0.2) is 102 Å². The van der Waals surface area contributed by atoms with Crippen molar-refractivity contribution in [3.63, 3.8) is 0 Å². The SMILES string of the molecule is CC(=O)O[C@H](CCC1C(=O)N(c2ccc(CCCN(C)S(C)(=O)=O)cc2)[C@@H]1c1ccc(C#CC2O[C@H](CO)[C@@H](O)[C@H](O)[C@H]2O)cc1)c1ccc(F)cc1. The lowest BCUT2D eigenvalue weighted by molar-refractivity contribution is -0.214. The normalized spacial score (nSPS) is 25.0. The first-order valence-electron chi connectivity index (χ1n) is 17.4. The van der Waals surface area contributed by atoms with E-state index in [-0.39, 0.29) is 5.91 Å². The number of esters is 1. The van der Waals surface area contributed by atoms with Gasteiger partial charge in [-0.15, -0.1) is 0 Å². The van der Waals surface area contributed by atoms with E-state index >= 15 is 0 Å². The Hall–Kier alpha value is -4.20. The number of carbonyl (C=O) groups excluding carboxylic acids is 2. The van der Waals surface area contributed by atoms with Crippen LogP contribution < -0.4 is 4.90 Å². The van der Waals surface area contributed by atoms with Gasteiger partial charge in [0.25, 0.3) is 0 Å². The summed E-state index contributed by atoms with van der Waals surface area (Å²) in [6.07, 6.45) is -4.31. The minimum Gasteiger partial charge on any atom is -0.458 e. The standard InChI is InChI=1S/C39H45FN2O10S/c1-24(44)51-32(27-13-15-29(40)16-14-27)21-19-31-35(42(39(31)48)30-17-8-25(9-18-30)5-4-22-41(2)53(3,49)50)28-11-6-26(7-12-28)10-20-33-36(45)38(47)37(46)34(23-43)52-33/h6-9,11-18,31-38,43,45-47H,4-5,19,21-23H2,1-3H3/t31?,32-,33?,34-,35-,36+,37-,38-/m1/s1. The van der Waals surface area contributed by atoms with Gasteiger partial charge < -0.3 is 34.8 Å². The second kappa shape index (κ2) is 17.3. The molecule has 3 aromatic rings. The topological polar surface area (TPSA) is 174 Å². The summed E-state index contributed by atoms with van der Waals surface area (Å²) in [7, 11) is -1.73. The molecule has 12 nitrogen and oxygen atoms in total. The lowest BCUT2D eigenvalue weighted by Gasteiger charge is -2.48. The van der Waals surface area contributed by atoms with Crippen LogP contribution in [0.5, 0.6) is 0 Å². The largest absolute Gasteiger partial charge is 0.458 e. The van der Waals surface area contributed by atoms with Crippen LogP contribution in [0.15, 0.2) is 72.8 Å². The monoisotopic (exact) mass is 752 g/mol. The Balaban J connectivity index is 1.36. The molecule has 0 spiro atoms. The molecule has 2 unspecified atom stereocenters. The Labute approximate surface area is 308 Å². The Kier molecular flexibility index (Phi) is 13.1. The van der Waals surface area contributed by atoms with Crippen molar-refractivity contribution in [3.05, 3.63) is 101 Å². The molecule has 2 fully saturated rings. The highest BCUT2D eigenvalue weighted by atomic mass is 32.2. The lowest BCUT2D eigenvalue weighted by atomic mass is 9.78. The van der Waals surface area contributed by atoms with Crippen LogP contribution in [-0.2, 0) is 35.5 Å². The molecule has 5 rings (SSSR count). The van der Waals surface area contributed by atoms with E-state index in [0.717, 1.165) is 11.1 Å². The highest BCUT2D eigenvalue weighted by Crippen LogP contribution is 2.46. The number of aliphatic hydroxyl groups excluding tert-OH is 4. The van der Waals surface area contributed by atoms with Crippen molar-refractivity contribution in [1.29, 1.82) is 0 Å². The van der Waals surface area contributed by atoms with Crippen LogP contribution in [0.2, 0.25) is 0 Å². The van der Waals surface area contributed by atoms with Crippen molar-refractivity contribution in [2.45, 2.75) is 75.3 Å². The number of halogens is 1. The van der Waals surface area contributed by atoms with Crippen molar-refractivity contribution in [2.24, 2.45) is 5.92 Å². The van der Waals surface area contributed by atoms with Gasteiger partial charge in [-0.2, -0.15) is 0 Å². The van der Waals surface area contributed by atoms with Crippen LogP contribution in [0.1, 0.15) is 60.6 Å². The molecule has 2 aliphatic rings. The number of sulfonamides is 1. The van der Waals surface area contributed by atoms with Gasteiger partial charge in [0.1, 0.15) is 42.4 Å². The molecule has 3 aromatic carbocycles. The van der Waals surface area contributed by atoms with Gasteiger partial charge in [0.15, 0.2) is 0 Å². The number of carbonyl (C=O) groups is 2. The minimum absolute atomic E-state index is 0.121. The van der Waals surface area contributed by atoms with Gasteiger partial charge in [-0.05, 0) is 78.8 Å². The number of benzene rings is 3. The number of aliphatic hydroxyl groups is 4. The highest BCUT2D eigenvalue weighted by molar-refractivity contribution is 7.88. The van der Waals surface area contributed by atoms with E-state index in [4.69, 9.17) is 9.47 Å². The molecule has 0 aliphatic carbocycles. The summed E-state index contributed by atoms with van der Waals surface area (Å²) in [5, 5.41) is 40.0.